The summed E-state index contributed by atoms with van der Waals surface area (Å²) in [5, 5.41) is 3.37. The molecule has 0 spiro atoms. The van der Waals surface area contributed by atoms with Crippen LogP contribution in [0.3, 0.4) is 0 Å². The molecular weight excluding hydrogens is 338 g/mol. The van der Waals surface area contributed by atoms with Gasteiger partial charge in [0.1, 0.15) is 0 Å². The van der Waals surface area contributed by atoms with Crippen LogP contribution in [-0.2, 0) is 9.53 Å². The second kappa shape index (κ2) is 7.20. The number of carbonyl (C=O) groups is 1. The van der Waals surface area contributed by atoms with E-state index in [0.717, 1.165) is 23.7 Å². The standard InChI is InChI=1S/C15H18BrNO2S/c1-19-14(18)8-3-2-7-13(17)11-9-20-15-10(11)5-4-6-12(15)16/h4-6,9,13H,2-3,7-8,17H2,1H3. The molecule has 0 aliphatic carbocycles. The van der Waals surface area contributed by atoms with E-state index in [0.29, 0.717) is 6.42 Å². The Morgan fingerprint density at radius 2 is 2.25 bits per heavy atom. The number of benzene rings is 1. The fraction of sp³-hybridized carbons (Fsp3) is 0.400. The number of thiophene rings is 1. The van der Waals surface area contributed by atoms with Crippen LogP contribution in [0.1, 0.15) is 37.3 Å². The summed E-state index contributed by atoms with van der Waals surface area (Å²) in [6.45, 7) is 0. The topological polar surface area (TPSA) is 52.3 Å². The summed E-state index contributed by atoms with van der Waals surface area (Å²) >= 11 is 5.28. The number of halogens is 1. The van der Waals surface area contributed by atoms with Gasteiger partial charge in [-0.2, -0.15) is 0 Å². The highest BCUT2D eigenvalue weighted by Gasteiger charge is 2.13. The number of ether oxygens (including phenoxy) is 1. The molecule has 0 amide bonds. The Balaban J connectivity index is 1.96. The van der Waals surface area contributed by atoms with Crippen LogP contribution < -0.4 is 5.73 Å². The van der Waals surface area contributed by atoms with E-state index in [2.05, 4.69) is 32.1 Å². The van der Waals surface area contributed by atoms with Gasteiger partial charge >= 0.3 is 5.97 Å². The SMILES string of the molecule is COC(=O)CCCCC(N)c1csc2c(Br)cccc12. The van der Waals surface area contributed by atoms with Crippen LogP contribution in [0.2, 0.25) is 0 Å². The molecule has 0 radical (unpaired) electrons. The summed E-state index contributed by atoms with van der Waals surface area (Å²) < 4.78 is 6.98. The lowest BCUT2D eigenvalue weighted by molar-refractivity contribution is -0.140. The minimum Gasteiger partial charge on any atom is -0.469 e. The van der Waals surface area contributed by atoms with Crippen LogP contribution in [0.15, 0.2) is 28.1 Å². The molecule has 0 aliphatic heterocycles. The summed E-state index contributed by atoms with van der Waals surface area (Å²) in [6.07, 6.45) is 3.11. The van der Waals surface area contributed by atoms with Gasteiger partial charge in [0.25, 0.3) is 0 Å². The number of hydrogen-bond donors (Lipinski definition) is 1. The molecule has 0 aliphatic rings. The molecule has 3 nitrogen and oxygen atoms in total. The number of hydrogen-bond acceptors (Lipinski definition) is 4. The first-order valence-corrected chi connectivity index (χ1v) is 8.28. The van der Waals surface area contributed by atoms with Crippen molar-refractivity contribution in [1.29, 1.82) is 0 Å². The molecule has 0 fully saturated rings. The zero-order chi connectivity index (χ0) is 14.5. The van der Waals surface area contributed by atoms with Crippen molar-refractivity contribution >= 4 is 43.3 Å². The van der Waals surface area contributed by atoms with E-state index < -0.39 is 0 Å². The fourth-order valence-electron chi connectivity index (χ4n) is 2.22. The zero-order valence-electron chi connectivity index (χ0n) is 11.4. The first kappa shape index (κ1) is 15.5. The van der Waals surface area contributed by atoms with Crippen molar-refractivity contribution < 1.29 is 9.53 Å². The van der Waals surface area contributed by atoms with Crippen LogP contribution in [0.5, 0.6) is 0 Å². The van der Waals surface area contributed by atoms with E-state index in [1.54, 1.807) is 11.3 Å². The number of methoxy groups -OCH3 is 1. The lowest BCUT2D eigenvalue weighted by atomic mass is 10.0. The van der Waals surface area contributed by atoms with Crippen LogP contribution in [0.4, 0.5) is 0 Å². The Kier molecular flexibility index (Phi) is 5.57. The first-order chi connectivity index (χ1) is 9.63. The Morgan fingerprint density at radius 3 is 3.00 bits per heavy atom. The molecule has 5 heteroatoms. The summed E-state index contributed by atoms with van der Waals surface area (Å²) in [7, 11) is 1.42. The Hall–Kier alpha value is -0.910. The van der Waals surface area contributed by atoms with E-state index in [9.17, 15) is 4.79 Å². The van der Waals surface area contributed by atoms with Gasteiger partial charge in [-0.05, 0) is 51.2 Å². The molecule has 2 aromatic rings. The predicted octanol–water partition coefficient (Wildman–Crippen LogP) is 4.40. The fourth-order valence-corrected chi connectivity index (χ4v) is 3.91. The van der Waals surface area contributed by atoms with Crippen LogP contribution in [-0.4, -0.2) is 13.1 Å². The van der Waals surface area contributed by atoms with Crippen molar-refractivity contribution in [2.75, 3.05) is 7.11 Å². The number of fused-ring (bicyclic) bond motifs is 1. The molecular formula is C15H18BrNO2S. The molecule has 0 saturated carbocycles. The maximum Gasteiger partial charge on any atom is 0.305 e. The van der Waals surface area contributed by atoms with E-state index in [1.807, 2.05) is 12.1 Å². The molecule has 1 aromatic heterocycles. The van der Waals surface area contributed by atoms with Gasteiger partial charge in [-0.15, -0.1) is 11.3 Å². The molecule has 0 saturated heterocycles. The van der Waals surface area contributed by atoms with E-state index in [-0.39, 0.29) is 12.0 Å². The van der Waals surface area contributed by atoms with E-state index in [1.165, 1.54) is 22.8 Å². The van der Waals surface area contributed by atoms with Gasteiger partial charge in [-0.3, -0.25) is 4.79 Å². The van der Waals surface area contributed by atoms with Crippen LogP contribution in [0.25, 0.3) is 10.1 Å². The van der Waals surface area contributed by atoms with Crippen molar-refractivity contribution in [2.45, 2.75) is 31.7 Å². The minimum absolute atomic E-state index is 0.0238. The molecule has 2 rings (SSSR count). The second-order valence-electron chi connectivity index (χ2n) is 4.74. The molecule has 20 heavy (non-hydrogen) atoms. The monoisotopic (exact) mass is 355 g/mol. The summed E-state index contributed by atoms with van der Waals surface area (Å²) in [4.78, 5) is 11.0. The van der Waals surface area contributed by atoms with Gasteiger partial charge in [0.2, 0.25) is 0 Å². The highest BCUT2D eigenvalue weighted by molar-refractivity contribution is 9.10. The van der Waals surface area contributed by atoms with E-state index >= 15 is 0 Å². The third-order valence-corrected chi connectivity index (χ3v) is 5.33. The van der Waals surface area contributed by atoms with Gasteiger partial charge < -0.3 is 10.5 Å². The number of rotatable bonds is 6. The van der Waals surface area contributed by atoms with Gasteiger partial charge in [0.15, 0.2) is 0 Å². The van der Waals surface area contributed by atoms with Crippen LogP contribution >= 0.6 is 27.3 Å². The van der Waals surface area contributed by atoms with Crippen molar-refractivity contribution in [3.63, 3.8) is 0 Å². The molecule has 1 atom stereocenters. The lowest BCUT2D eigenvalue weighted by Gasteiger charge is -2.10. The predicted molar refractivity (Wildman–Crippen MR) is 86.9 cm³/mol. The smallest absolute Gasteiger partial charge is 0.305 e. The second-order valence-corrected chi connectivity index (χ2v) is 6.47. The van der Waals surface area contributed by atoms with Gasteiger partial charge in [-0.25, -0.2) is 0 Å². The largest absolute Gasteiger partial charge is 0.469 e. The third-order valence-electron chi connectivity index (χ3n) is 3.35. The normalized spacial score (nSPS) is 12.6. The number of unbranched alkanes of at least 4 members (excludes halogenated alkanes) is 1. The Labute approximate surface area is 131 Å². The number of esters is 1. The summed E-state index contributed by atoms with van der Waals surface area (Å²) in [5.41, 5.74) is 7.48. The van der Waals surface area contributed by atoms with Gasteiger partial charge in [0.05, 0.1) is 7.11 Å². The van der Waals surface area contributed by atoms with Crippen molar-refractivity contribution in [1.82, 2.24) is 0 Å². The quantitative estimate of drug-likeness (QED) is 0.617. The van der Waals surface area contributed by atoms with Crippen molar-refractivity contribution in [3.05, 3.63) is 33.6 Å². The van der Waals surface area contributed by atoms with Gasteiger partial charge in [-0.1, -0.05) is 18.6 Å². The molecule has 1 aromatic carbocycles. The third kappa shape index (κ3) is 3.59. The molecule has 1 unspecified atom stereocenters. The molecule has 2 N–H and O–H groups in total. The zero-order valence-corrected chi connectivity index (χ0v) is 13.8. The first-order valence-electron chi connectivity index (χ1n) is 6.61. The lowest BCUT2D eigenvalue weighted by Crippen LogP contribution is -2.10. The van der Waals surface area contributed by atoms with Crippen molar-refractivity contribution in [3.8, 4) is 0 Å². The number of carbonyl (C=O) groups excluding carboxylic acids is 1. The number of nitrogens with two attached hydrogens (primary N) is 1. The van der Waals surface area contributed by atoms with Crippen molar-refractivity contribution in [2.24, 2.45) is 5.73 Å². The Bertz CT molecular complexity index is 597. The highest BCUT2D eigenvalue weighted by atomic mass is 79.9. The average molecular weight is 356 g/mol. The summed E-state index contributed by atoms with van der Waals surface area (Å²) in [6, 6.07) is 6.22. The molecule has 1 heterocycles. The maximum atomic E-state index is 11.0. The van der Waals surface area contributed by atoms with Gasteiger partial charge in [0, 0.05) is 21.6 Å². The summed E-state index contributed by atoms with van der Waals surface area (Å²) in [5.74, 6) is -0.150. The molecule has 108 valence electrons. The maximum absolute atomic E-state index is 11.0. The van der Waals surface area contributed by atoms with Crippen LogP contribution in [0, 0.1) is 0 Å². The molecule has 0 bridgehead atoms. The minimum atomic E-state index is -0.150. The highest BCUT2D eigenvalue weighted by Crippen LogP contribution is 2.35. The van der Waals surface area contributed by atoms with E-state index in [4.69, 9.17) is 5.73 Å². The average Bonchev–Trinajstić information content (AvgIpc) is 2.88. The Morgan fingerprint density at radius 1 is 1.45 bits per heavy atom.